The van der Waals surface area contributed by atoms with Gasteiger partial charge < -0.3 is 9.53 Å². The molecule has 0 spiro atoms. The van der Waals surface area contributed by atoms with Gasteiger partial charge in [0.2, 0.25) is 11.8 Å². The van der Waals surface area contributed by atoms with E-state index in [0.717, 1.165) is 33.4 Å². The van der Waals surface area contributed by atoms with E-state index >= 15 is 0 Å². The first-order valence-electron chi connectivity index (χ1n) is 10.8. The lowest BCUT2D eigenvalue weighted by Crippen LogP contribution is -2.54. The number of non-ortho nitro benzene ring substituents is 1. The van der Waals surface area contributed by atoms with Crippen LogP contribution in [0, 0.1) is 22.0 Å². The molecule has 4 aliphatic rings. The highest BCUT2D eigenvalue weighted by molar-refractivity contribution is 6.25. The van der Waals surface area contributed by atoms with E-state index in [9.17, 15) is 24.5 Å². The minimum atomic E-state index is -1.30. The van der Waals surface area contributed by atoms with Crippen molar-refractivity contribution in [2.24, 2.45) is 11.8 Å². The summed E-state index contributed by atoms with van der Waals surface area (Å²) < 4.78 is 5.32. The van der Waals surface area contributed by atoms with Crippen LogP contribution in [0.4, 0.5) is 11.4 Å². The zero-order valence-electron chi connectivity index (χ0n) is 18.0. The third kappa shape index (κ3) is 2.24. The molecule has 3 aromatic carbocycles. The summed E-state index contributed by atoms with van der Waals surface area (Å²) in [7, 11) is 1.32. The van der Waals surface area contributed by atoms with E-state index < -0.39 is 34.0 Å². The van der Waals surface area contributed by atoms with Crippen LogP contribution in [0.5, 0.6) is 5.75 Å². The van der Waals surface area contributed by atoms with E-state index in [1.807, 2.05) is 48.5 Å². The minimum absolute atomic E-state index is 0.0390. The van der Waals surface area contributed by atoms with Crippen LogP contribution in [0.1, 0.15) is 28.2 Å². The third-order valence-electron chi connectivity index (χ3n) is 7.48. The molecule has 0 radical (unpaired) electrons. The van der Waals surface area contributed by atoms with Crippen molar-refractivity contribution in [3.63, 3.8) is 0 Å². The van der Waals surface area contributed by atoms with Gasteiger partial charge in [-0.05, 0) is 28.3 Å². The fourth-order valence-corrected chi connectivity index (χ4v) is 6.23. The number of ether oxygens (including phenoxy) is 1. The summed E-state index contributed by atoms with van der Waals surface area (Å²) in [6.07, 6.45) is 0.805. The number of rotatable bonds is 4. The predicted molar refractivity (Wildman–Crippen MR) is 121 cm³/mol. The molecule has 0 saturated carbocycles. The Bertz CT molecular complexity index is 1380. The van der Waals surface area contributed by atoms with Gasteiger partial charge in [0.1, 0.15) is 12.0 Å². The fourth-order valence-electron chi connectivity index (χ4n) is 6.23. The molecule has 2 amide bonds. The predicted octanol–water partition coefficient (Wildman–Crippen LogP) is 3.35. The molecular weight excluding hydrogens is 436 g/mol. The van der Waals surface area contributed by atoms with Gasteiger partial charge in [0.15, 0.2) is 0 Å². The molecule has 168 valence electrons. The summed E-state index contributed by atoms with van der Waals surface area (Å²) in [6.45, 7) is 0. The van der Waals surface area contributed by atoms with E-state index in [-0.39, 0.29) is 23.0 Å². The summed E-state index contributed by atoms with van der Waals surface area (Å²) >= 11 is 0. The molecule has 34 heavy (non-hydrogen) atoms. The maximum Gasteiger partial charge on any atom is 0.273 e. The summed E-state index contributed by atoms with van der Waals surface area (Å²) in [4.78, 5) is 52.5. The van der Waals surface area contributed by atoms with Crippen molar-refractivity contribution in [2.45, 2.75) is 11.3 Å². The molecule has 1 fully saturated rings. The number of hydrogen-bond acceptors (Lipinski definition) is 6. The Hall–Kier alpha value is -4.33. The van der Waals surface area contributed by atoms with Crippen molar-refractivity contribution in [3.8, 4) is 5.75 Å². The molecule has 1 saturated heterocycles. The lowest BCUT2D eigenvalue weighted by atomic mass is 9.48. The van der Waals surface area contributed by atoms with Crippen LogP contribution in [-0.2, 0) is 19.8 Å². The van der Waals surface area contributed by atoms with Gasteiger partial charge in [-0.15, -0.1) is 0 Å². The lowest BCUT2D eigenvalue weighted by Gasteiger charge is -2.51. The Balaban J connectivity index is 1.60. The molecule has 3 aromatic rings. The summed E-state index contributed by atoms with van der Waals surface area (Å²) in [5, 5.41) is 11.2. The zero-order chi connectivity index (χ0) is 23.8. The average Bonchev–Trinajstić information content (AvgIpc) is 3.14. The normalized spacial score (nSPS) is 26.0. The number of nitro benzene ring substituents is 1. The van der Waals surface area contributed by atoms with E-state index in [1.165, 1.54) is 25.3 Å². The van der Waals surface area contributed by atoms with Crippen molar-refractivity contribution in [1.82, 2.24) is 0 Å². The molecule has 1 aliphatic heterocycles. The Kier molecular flexibility index (Phi) is 4.08. The molecule has 0 unspecified atom stereocenters. The smallest absolute Gasteiger partial charge is 0.273 e. The molecule has 2 atom stereocenters. The number of nitro groups is 1. The minimum Gasteiger partial charge on any atom is -0.494 e. The topological polar surface area (TPSA) is 107 Å². The number of carbonyl (C=O) groups excluding carboxylic acids is 3. The number of methoxy groups -OCH3 is 1. The van der Waals surface area contributed by atoms with Gasteiger partial charge in [-0.3, -0.25) is 19.7 Å². The van der Waals surface area contributed by atoms with Crippen LogP contribution >= 0.6 is 0 Å². The average molecular weight is 454 g/mol. The van der Waals surface area contributed by atoms with E-state index in [0.29, 0.717) is 0 Å². The van der Waals surface area contributed by atoms with Gasteiger partial charge in [-0.1, -0.05) is 48.5 Å². The lowest BCUT2D eigenvalue weighted by molar-refractivity contribution is -0.384. The second-order valence-corrected chi connectivity index (χ2v) is 8.77. The largest absolute Gasteiger partial charge is 0.494 e. The van der Waals surface area contributed by atoms with Crippen molar-refractivity contribution in [1.29, 1.82) is 0 Å². The highest BCUT2D eigenvalue weighted by Crippen LogP contribution is 2.63. The Morgan fingerprint density at radius 1 is 0.971 bits per heavy atom. The van der Waals surface area contributed by atoms with Crippen molar-refractivity contribution >= 4 is 29.5 Å². The van der Waals surface area contributed by atoms with E-state index in [4.69, 9.17) is 4.74 Å². The molecule has 2 bridgehead atoms. The number of carbonyl (C=O) groups is 3. The quantitative estimate of drug-likeness (QED) is 0.259. The number of nitrogens with zero attached hydrogens (tertiary/aromatic N) is 2. The monoisotopic (exact) mass is 454 g/mol. The Labute approximate surface area is 193 Å². The molecular formula is C26H18N2O6. The molecule has 8 heteroatoms. The van der Waals surface area contributed by atoms with Crippen LogP contribution in [0.25, 0.3) is 0 Å². The third-order valence-corrected chi connectivity index (χ3v) is 7.48. The second kappa shape index (κ2) is 6.84. The molecule has 1 heterocycles. The standard InChI is InChI=1S/C26H18N2O6/c1-34-20-12-14(28(32)33)10-11-19(20)27-24(30)22-21-15-6-2-4-8-17(15)26(13-29,23(22)25(27)31)18-9-5-3-7-16(18)21/h2-13,21-23H,1H3/t21?,22-,23+,26?/m0/s1. The first-order chi connectivity index (χ1) is 16.5. The summed E-state index contributed by atoms with van der Waals surface area (Å²) in [5.74, 6) is -3.00. The van der Waals surface area contributed by atoms with Gasteiger partial charge in [0.05, 0.1) is 41.0 Å². The van der Waals surface area contributed by atoms with Crippen molar-refractivity contribution in [3.05, 3.63) is 99.1 Å². The molecule has 0 N–H and O–H groups in total. The zero-order valence-corrected chi connectivity index (χ0v) is 18.0. The summed E-state index contributed by atoms with van der Waals surface area (Å²) in [5.41, 5.74) is 1.83. The van der Waals surface area contributed by atoms with Crippen molar-refractivity contribution in [2.75, 3.05) is 12.0 Å². The number of aldehydes is 1. The number of benzene rings is 3. The van der Waals surface area contributed by atoms with Crippen LogP contribution in [0.2, 0.25) is 0 Å². The molecule has 0 aromatic heterocycles. The van der Waals surface area contributed by atoms with Gasteiger partial charge in [-0.2, -0.15) is 0 Å². The first kappa shape index (κ1) is 20.3. The van der Waals surface area contributed by atoms with Gasteiger partial charge in [0.25, 0.3) is 5.69 Å². The fraction of sp³-hybridized carbons (Fsp3) is 0.192. The van der Waals surface area contributed by atoms with E-state index in [1.54, 1.807) is 0 Å². The van der Waals surface area contributed by atoms with Gasteiger partial charge >= 0.3 is 0 Å². The number of anilines is 1. The van der Waals surface area contributed by atoms with Gasteiger partial charge in [-0.25, -0.2) is 4.90 Å². The molecule has 8 nitrogen and oxygen atoms in total. The SMILES string of the molecule is COc1cc([N+](=O)[O-])ccc1N1C(=O)[C@H]2C3c4ccccc4C(C=O)(c4ccccc43)[C@H]2C1=O. The van der Waals surface area contributed by atoms with Crippen molar-refractivity contribution < 1.29 is 24.0 Å². The molecule has 7 rings (SSSR count). The second-order valence-electron chi connectivity index (χ2n) is 8.77. The Morgan fingerprint density at radius 2 is 1.59 bits per heavy atom. The highest BCUT2D eigenvalue weighted by atomic mass is 16.6. The number of hydrogen-bond donors (Lipinski definition) is 0. The maximum absolute atomic E-state index is 14.0. The summed E-state index contributed by atoms with van der Waals surface area (Å²) in [6, 6.07) is 18.7. The molecule has 3 aliphatic carbocycles. The van der Waals surface area contributed by atoms with Crippen LogP contribution < -0.4 is 9.64 Å². The Morgan fingerprint density at radius 3 is 2.15 bits per heavy atom. The first-order valence-corrected chi connectivity index (χ1v) is 10.8. The van der Waals surface area contributed by atoms with E-state index in [2.05, 4.69) is 0 Å². The van der Waals surface area contributed by atoms with Gasteiger partial charge in [0, 0.05) is 12.0 Å². The van der Waals surface area contributed by atoms with Crippen LogP contribution in [0.3, 0.4) is 0 Å². The number of imide groups is 1. The van der Waals surface area contributed by atoms with Crippen LogP contribution in [-0.4, -0.2) is 30.1 Å². The van der Waals surface area contributed by atoms with Crippen LogP contribution in [0.15, 0.2) is 66.7 Å². The highest BCUT2D eigenvalue weighted by Gasteiger charge is 2.68. The number of amides is 2. The maximum atomic E-state index is 14.0.